The van der Waals surface area contributed by atoms with Crippen molar-refractivity contribution in [3.63, 3.8) is 0 Å². The van der Waals surface area contributed by atoms with Gasteiger partial charge < -0.3 is 15.5 Å². The van der Waals surface area contributed by atoms with Crippen LogP contribution in [0.15, 0.2) is 47.5 Å². The number of amides is 1. The van der Waals surface area contributed by atoms with Gasteiger partial charge in [0.1, 0.15) is 0 Å². The molecule has 29 heavy (non-hydrogen) atoms. The van der Waals surface area contributed by atoms with E-state index in [2.05, 4.69) is 67.9 Å². The molecular formula is C23H33N5O. The number of carbonyl (C=O) groups excluding carboxylic acids is 1. The summed E-state index contributed by atoms with van der Waals surface area (Å²) in [4.78, 5) is 21.2. The highest BCUT2D eigenvalue weighted by Gasteiger charge is 2.28. The lowest BCUT2D eigenvalue weighted by Gasteiger charge is -2.37. The van der Waals surface area contributed by atoms with E-state index >= 15 is 0 Å². The Hall–Kier alpha value is -2.60. The molecule has 0 aromatic heterocycles. The van der Waals surface area contributed by atoms with E-state index < -0.39 is 5.41 Å². The number of piperazine rings is 1. The van der Waals surface area contributed by atoms with Crippen LogP contribution in [0.5, 0.6) is 0 Å². The van der Waals surface area contributed by atoms with Gasteiger partial charge in [-0.3, -0.25) is 14.7 Å². The maximum atomic E-state index is 12.0. The topological polar surface area (TPSA) is 60.0 Å². The molecule has 1 fully saturated rings. The van der Waals surface area contributed by atoms with E-state index in [4.69, 9.17) is 0 Å². The van der Waals surface area contributed by atoms with E-state index in [1.165, 1.54) is 16.3 Å². The Bertz CT molecular complexity index is 863. The van der Waals surface area contributed by atoms with Crippen molar-refractivity contribution in [2.45, 2.75) is 20.4 Å². The molecule has 1 aliphatic heterocycles. The lowest BCUT2D eigenvalue weighted by Crippen LogP contribution is -2.54. The van der Waals surface area contributed by atoms with Crippen molar-refractivity contribution in [1.82, 2.24) is 20.4 Å². The zero-order chi connectivity index (χ0) is 20.9. The van der Waals surface area contributed by atoms with Gasteiger partial charge in [0.2, 0.25) is 5.91 Å². The molecule has 2 N–H and O–H groups in total. The van der Waals surface area contributed by atoms with Crippen LogP contribution in [0, 0.1) is 5.41 Å². The quantitative estimate of drug-likeness (QED) is 0.603. The van der Waals surface area contributed by atoms with Crippen LogP contribution in [-0.4, -0.2) is 68.5 Å². The number of fused-ring (bicyclic) bond motifs is 1. The molecule has 1 aliphatic rings. The highest BCUT2D eigenvalue weighted by molar-refractivity contribution is 5.86. The number of carbonyl (C=O) groups is 1. The molecule has 6 heteroatoms. The van der Waals surface area contributed by atoms with E-state index in [1.54, 1.807) is 14.1 Å². The van der Waals surface area contributed by atoms with Gasteiger partial charge in [-0.25, -0.2) is 0 Å². The summed E-state index contributed by atoms with van der Waals surface area (Å²) in [5.41, 5.74) is 0.896. The number of hydrogen-bond acceptors (Lipinski definition) is 3. The summed E-state index contributed by atoms with van der Waals surface area (Å²) in [5.74, 6) is 0.896. The Kier molecular flexibility index (Phi) is 6.75. The van der Waals surface area contributed by atoms with Gasteiger partial charge in [-0.05, 0) is 30.2 Å². The highest BCUT2D eigenvalue weighted by atomic mass is 16.2. The van der Waals surface area contributed by atoms with Gasteiger partial charge in [-0.2, -0.15) is 0 Å². The molecule has 6 nitrogen and oxygen atoms in total. The zero-order valence-electron chi connectivity index (χ0n) is 18.0. The minimum absolute atomic E-state index is 0.0281. The third-order valence-electron chi connectivity index (χ3n) is 5.69. The molecule has 1 saturated heterocycles. The third kappa shape index (κ3) is 5.07. The van der Waals surface area contributed by atoms with Gasteiger partial charge in [0.25, 0.3) is 0 Å². The number of benzene rings is 2. The molecule has 3 rings (SSSR count). The molecule has 2 aromatic carbocycles. The van der Waals surface area contributed by atoms with Crippen LogP contribution in [0.2, 0.25) is 0 Å². The average Bonchev–Trinajstić information content (AvgIpc) is 2.75. The van der Waals surface area contributed by atoms with Crippen molar-refractivity contribution in [3.8, 4) is 0 Å². The van der Waals surface area contributed by atoms with Crippen molar-refractivity contribution >= 4 is 22.6 Å². The van der Waals surface area contributed by atoms with E-state index in [0.717, 1.165) is 38.7 Å². The Morgan fingerprint density at radius 2 is 1.76 bits per heavy atom. The number of nitrogens with one attached hydrogen (secondary N) is 2. The fraction of sp³-hybridized carbons (Fsp3) is 0.478. The molecule has 0 spiro atoms. The molecule has 2 aromatic rings. The Labute approximate surface area is 174 Å². The number of hydrogen-bond donors (Lipinski definition) is 2. The second-order valence-electron chi connectivity index (χ2n) is 8.27. The summed E-state index contributed by atoms with van der Waals surface area (Å²) >= 11 is 0. The van der Waals surface area contributed by atoms with E-state index in [-0.39, 0.29) is 5.91 Å². The molecule has 0 aliphatic carbocycles. The highest BCUT2D eigenvalue weighted by Crippen LogP contribution is 2.20. The van der Waals surface area contributed by atoms with Gasteiger partial charge in [0.05, 0.1) is 5.41 Å². The number of guanidine groups is 1. The SMILES string of the molecule is CN=C(NCC(C)(C)C(=O)NC)N1CCN(Cc2cccc3ccccc23)CC1. The van der Waals surface area contributed by atoms with Crippen LogP contribution >= 0.6 is 0 Å². The van der Waals surface area contributed by atoms with Crippen molar-refractivity contribution in [2.75, 3.05) is 46.8 Å². The second kappa shape index (κ2) is 9.27. The molecule has 0 radical (unpaired) electrons. The minimum atomic E-state index is -0.485. The standard InChI is InChI=1S/C23H33N5O/c1-23(2,21(29)24-3)17-26-22(25-4)28-14-12-27(13-15-28)16-19-10-7-9-18-8-5-6-11-20(18)19/h5-11H,12-17H2,1-4H3,(H,24,29)(H,25,26). The van der Waals surface area contributed by atoms with E-state index in [1.807, 2.05) is 13.8 Å². The largest absolute Gasteiger partial charge is 0.359 e. The van der Waals surface area contributed by atoms with Crippen LogP contribution in [0.25, 0.3) is 10.8 Å². The average molecular weight is 396 g/mol. The van der Waals surface area contributed by atoms with Gasteiger partial charge in [0.15, 0.2) is 5.96 Å². The summed E-state index contributed by atoms with van der Waals surface area (Å²) in [6.45, 7) is 9.21. The van der Waals surface area contributed by atoms with Gasteiger partial charge in [0, 0.05) is 53.4 Å². The first kappa shape index (κ1) is 21.1. The predicted octanol–water partition coefficient (Wildman–Crippen LogP) is 2.31. The third-order valence-corrected chi connectivity index (χ3v) is 5.69. The lowest BCUT2D eigenvalue weighted by molar-refractivity contribution is -0.128. The molecule has 0 bridgehead atoms. The first-order valence-electron chi connectivity index (χ1n) is 10.3. The normalized spacial score (nSPS) is 16.1. The minimum Gasteiger partial charge on any atom is -0.359 e. The fourth-order valence-electron chi connectivity index (χ4n) is 3.84. The van der Waals surface area contributed by atoms with Gasteiger partial charge >= 0.3 is 0 Å². The maximum absolute atomic E-state index is 12.0. The van der Waals surface area contributed by atoms with E-state index in [9.17, 15) is 4.79 Å². The molecule has 1 amide bonds. The monoisotopic (exact) mass is 395 g/mol. The number of nitrogens with zero attached hydrogens (tertiary/aromatic N) is 3. The smallest absolute Gasteiger partial charge is 0.227 e. The van der Waals surface area contributed by atoms with Crippen LogP contribution in [-0.2, 0) is 11.3 Å². The van der Waals surface area contributed by atoms with Crippen molar-refractivity contribution in [1.29, 1.82) is 0 Å². The fourth-order valence-corrected chi connectivity index (χ4v) is 3.84. The van der Waals surface area contributed by atoms with Gasteiger partial charge in [-0.1, -0.05) is 42.5 Å². The molecular weight excluding hydrogens is 362 g/mol. The Morgan fingerprint density at radius 3 is 2.45 bits per heavy atom. The first-order chi connectivity index (χ1) is 13.9. The van der Waals surface area contributed by atoms with Crippen molar-refractivity contribution in [2.24, 2.45) is 10.4 Å². The van der Waals surface area contributed by atoms with Crippen molar-refractivity contribution < 1.29 is 4.79 Å². The molecule has 156 valence electrons. The van der Waals surface area contributed by atoms with Crippen LogP contribution in [0.4, 0.5) is 0 Å². The van der Waals surface area contributed by atoms with Gasteiger partial charge in [-0.15, -0.1) is 0 Å². The molecule has 0 saturated carbocycles. The summed E-state index contributed by atoms with van der Waals surface area (Å²) in [6, 6.07) is 15.1. The first-order valence-corrected chi connectivity index (χ1v) is 10.3. The molecule has 1 heterocycles. The molecule has 0 unspecified atom stereocenters. The number of rotatable bonds is 5. The summed E-state index contributed by atoms with van der Waals surface area (Å²) in [7, 11) is 3.48. The Balaban J connectivity index is 1.56. The predicted molar refractivity (Wildman–Crippen MR) is 120 cm³/mol. The van der Waals surface area contributed by atoms with E-state index in [0.29, 0.717) is 6.54 Å². The van der Waals surface area contributed by atoms with Crippen LogP contribution in [0.3, 0.4) is 0 Å². The summed E-state index contributed by atoms with van der Waals surface area (Å²) in [5, 5.41) is 8.75. The van der Waals surface area contributed by atoms with Crippen molar-refractivity contribution in [3.05, 3.63) is 48.0 Å². The number of aliphatic imine (C=N–C) groups is 1. The van der Waals surface area contributed by atoms with Crippen LogP contribution < -0.4 is 10.6 Å². The maximum Gasteiger partial charge on any atom is 0.227 e. The Morgan fingerprint density at radius 1 is 1.07 bits per heavy atom. The summed E-state index contributed by atoms with van der Waals surface area (Å²) in [6.07, 6.45) is 0. The summed E-state index contributed by atoms with van der Waals surface area (Å²) < 4.78 is 0. The van der Waals surface area contributed by atoms with Crippen LogP contribution in [0.1, 0.15) is 19.4 Å². The second-order valence-corrected chi connectivity index (χ2v) is 8.27. The lowest BCUT2D eigenvalue weighted by atomic mass is 9.92. The molecule has 0 atom stereocenters. The zero-order valence-corrected chi connectivity index (χ0v) is 18.0.